The van der Waals surface area contributed by atoms with E-state index in [-0.39, 0.29) is 12.2 Å². The maximum atomic E-state index is 5.88. The third kappa shape index (κ3) is 6.52. The molecule has 0 radical (unpaired) electrons. The van der Waals surface area contributed by atoms with Gasteiger partial charge in [-0.15, -0.1) is 11.3 Å². The van der Waals surface area contributed by atoms with Crippen LogP contribution in [0, 0.1) is 13.8 Å². The Balaban J connectivity index is 1.65. The first kappa shape index (κ1) is 22.7. The molecule has 0 bridgehead atoms. The van der Waals surface area contributed by atoms with Gasteiger partial charge in [0.25, 0.3) is 0 Å². The number of rotatable bonds is 7. The zero-order valence-electron chi connectivity index (χ0n) is 18.9. The van der Waals surface area contributed by atoms with E-state index in [1.165, 1.54) is 16.0 Å². The minimum Gasteiger partial charge on any atom is -0.373 e. The first-order valence-corrected chi connectivity index (χ1v) is 11.7. The van der Waals surface area contributed by atoms with Crippen LogP contribution in [0.4, 0.5) is 0 Å². The molecule has 0 saturated carbocycles. The number of hydrogen-bond donors (Lipinski definition) is 2. The third-order valence-electron chi connectivity index (χ3n) is 5.24. The molecule has 0 spiro atoms. The quantitative estimate of drug-likeness (QED) is 0.520. The Bertz CT molecular complexity index is 820. The first-order chi connectivity index (χ1) is 14.4. The molecule has 2 N–H and O–H groups in total. The lowest BCUT2D eigenvalue weighted by Gasteiger charge is -2.35. The van der Waals surface area contributed by atoms with Crippen molar-refractivity contribution < 1.29 is 4.74 Å². The van der Waals surface area contributed by atoms with Crippen LogP contribution in [0.25, 0.3) is 0 Å². The highest BCUT2D eigenvalue weighted by atomic mass is 32.1. The summed E-state index contributed by atoms with van der Waals surface area (Å²) in [6, 6.07) is 8.62. The van der Waals surface area contributed by atoms with Gasteiger partial charge in [0.15, 0.2) is 5.96 Å². The molecular formula is C23H35N5OS. The van der Waals surface area contributed by atoms with Crippen LogP contribution in [0.3, 0.4) is 0 Å². The van der Waals surface area contributed by atoms with Crippen molar-refractivity contribution in [1.82, 2.24) is 20.5 Å². The zero-order valence-corrected chi connectivity index (χ0v) is 19.7. The number of nitrogens with zero attached hydrogens (tertiary/aromatic N) is 3. The van der Waals surface area contributed by atoms with Crippen molar-refractivity contribution in [2.24, 2.45) is 4.99 Å². The molecule has 6 nitrogen and oxygen atoms in total. The van der Waals surface area contributed by atoms with Gasteiger partial charge in [-0.25, -0.2) is 9.98 Å². The van der Waals surface area contributed by atoms with E-state index in [4.69, 9.17) is 9.73 Å². The number of hydrogen-bond acceptors (Lipinski definition) is 5. The summed E-state index contributed by atoms with van der Waals surface area (Å²) < 4.78 is 5.88. The fourth-order valence-corrected chi connectivity index (χ4v) is 4.67. The standard InChI is InChI=1S/C23H35N5OS/c1-6-24-23(26-12-22-27-18(4)19(5)30-22)25-11-20-9-7-8-10-21(20)15-28-13-16(2)29-17(3)14-28/h7-10,16-17H,6,11-15H2,1-5H3,(H2,24,25,26). The Morgan fingerprint density at radius 1 is 1.17 bits per heavy atom. The molecule has 1 aromatic heterocycles. The lowest BCUT2D eigenvalue weighted by atomic mass is 10.1. The molecule has 1 saturated heterocycles. The molecule has 1 aliphatic rings. The molecule has 2 aromatic rings. The van der Waals surface area contributed by atoms with Gasteiger partial charge in [0.05, 0.1) is 31.0 Å². The molecule has 2 unspecified atom stereocenters. The SMILES string of the molecule is CCNC(=NCc1ccccc1CN1CC(C)OC(C)C1)NCc1nc(C)c(C)s1. The Morgan fingerprint density at radius 3 is 2.50 bits per heavy atom. The van der Waals surface area contributed by atoms with E-state index < -0.39 is 0 Å². The van der Waals surface area contributed by atoms with E-state index in [2.05, 4.69) is 79.4 Å². The molecule has 30 heavy (non-hydrogen) atoms. The largest absolute Gasteiger partial charge is 0.373 e. The fraction of sp³-hybridized carbons (Fsp3) is 0.565. The van der Waals surface area contributed by atoms with Crippen LogP contribution < -0.4 is 10.6 Å². The first-order valence-electron chi connectivity index (χ1n) is 10.8. The Kier molecular flexibility index (Phi) is 8.24. The number of aromatic nitrogens is 1. The van der Waals surface area contributed by atoms with Gasteiger partial charge in [-0.3, -0.25) is 4.90 Å². The van der Waals surface area contributed by atoms with E-state index in [1.807, 2.05) is 0 Å². The lowest BCUT2D eigenvalue weighted by molar-refractivity contribution is -0.0705. The van der Waals surface area contributed by atoms with Gasteiger partial charge in [0, 0.05) is 31.1 Å². The van der Waals surface area contributed by atoms with E-state index in [0.29, 0.717) is 13.1 Å². The number of thiazole rings is 1. The summed E-state index contributed by atoms with van der Waals surface area (Å²) in [6.07, 6.45) is 0.559. The second-order valence-corrected chi connectivity index (χ2v) is 9.31. The second-order valence-electron chi connectivity index (χ2n) is 8.02. The van der Waals surface area contributed by atoms with Crippen LogP contribution in [0.15, 0.2) is 29.3 Å². The van der Waals surface area contributed by atoms with Crippen LogP contribution >= 0.6 is 11.3 Å². The molecular weight excluding hydrogens is 394 g/mol. The highest BCUT2D eigenvalue weighted by Crippen LogP contribution is 2.18. The number of guanidine groups is 1. The van der Waals surface area contributed by atoms with Crippen LogP contribution in [0.5, 0.6) is 0 Å². The summed E-state index contributed by atoms with van der Waals surface area (Å²) in [5.41, 5.74) is 3.71. The van der Waals surface area contributed by atoms with Gasteiger partial charge in [-0.1, -0.05) is 24.3 Å². The van der Waals surface area contributed by atoms with Crippen LogP contribution in [-0.4, -0.2) is 47.7 Å². The van der Waals surface area contributed by atoms with E-state index in [0.717, 1.165) is 42.8 Å². The van der Waals surface area contributed by atoms with Crippen molar-refractivity contribution in [3.8, 4) is 0 Å². The summed E-state index contributed by atoms with van der Waals surface area (Å²) in [5.74, 6) is 0.825. The molecule has 0 aliphatic carbocycles. The van der Waals surface area contributed by atoms with Crippen LogP contribution in [-0.2, 0) is 24.4 Å². The molecule has 1 fully saturated rings. The molecule has 2 atom stereocenters. The summed E-state index contributed by atoms with van der Waals surface area (Å²) in [4.78, 5) is 13.2. The molecule has 2 heterocycles. The molecule has 3 rings (SSSR count). The van der Waals surface area contributed by atoms with Crippen molar-refractivity contribution in [1.29, 1.82) is 0 Å². The average Bonchev–Trinajstić information content (AvgIpc) is 3.02. The van der Waals surface area contributed by atoms with E-state index in [1.54, 1.807) is 11.3 Å². The topological polar surface area (TPSA) is 61.8 Å². The third-order valence-corrected chi connectivity index (χ3v) is 6.31. The summed E-state index contributed by atoms with van der Waals surface area (Å²) in [6.45, 7) is 15.6. The number of aryl methyl sites for hydroxylation is 2. The monoisotopic (exact) mass is 429 g/mol. The summed E-state index contributed by atoms with van der Waals surface area (Å²) >= 11 is 1.74. The van der Waals surface area contributed by atoms with E-state index in [9.17, 15) is 0 Å². The van der Waals surface area contributed by atoms with Crippen molar-refractivity contribution in [2.45, 2.75) is 66.5 Å². The minimum absolute atomic E-state index is 0.279. The molecule has 7 heteroatoms. The maximum absolute atomic E-state index is 5.88. The second kappa shape index (κ2) is 10.9. The predicted octanol–water partition coefficient (Wildman–Crippen LogP) is 3.62. The van der Waals surface area contributed by atoms with Gasteiger partial charge in [-0.05, 0) is 45.7 Å². The number of benzene rings is 1. The average molecular weight is 430 g/mol. The van der Waals surface area contributed by atoms with Crippen molar-refractivity contribution in [3.05, 3.63) is 51.0 Å². The van der Waals surface area contributed by atoms with Gasteiger partial charge < -0.3 is 15.4 Å². The normalized spacial score (nSPS) is 20.4. The highest BCUT2D eigenvalue weighted by molar-refractivity contribution is 7.11. The Hall–Kier alpha value is -1.96. The minimum atomic E-state index is 0.279. The molecule has 1 aromatic carbocycles. The van der Waals surface area contributed by atoms with E-state index >= 15 is 0 Å². The van der Waals surface area contributed by atoms with Gasteiger partial charge in [0.1, 0.15) is 5.01 Å². The molecule has 0 amide bonds. The smallest absolute Gasteiger partial charge is 0.191 e. The maximum Gasteiger partial charge on any atom is 0.191 e. The van der Waals surface area contributed by atoms with Crippen molar-refractivity contribution >= 4 is 17.3 Å². The predicted molar refractivity (Wildman–Crippen MR) is 125 cm³/mol. The van der Waals surface area contributed by atoms with Gasteiger partial charge in [-0.2, -0.15) is 0 Å². The summed E-state index contributed by atoms with van der Waals surface area (Å²) in [5, 5.41) is 7.86. The number of morpholine rings is 1. The fourth-order valence-electron chi connectivity index (χ4n) is 3.80. The molecule has 164 valence electrons. The van der Waals surface area contributed by atoms with Crippen LogP contribution in [0.2, 0.25) is 0 Å². The molecule has 1 aliphatic heterocycles. The number of nitrogens with one attached hydrogen (secondary N) is 2. The van der Waals surface area contributed by atoms with Gasteiger partial charge in [0.2, 0.25) is 0 Å². The van der Waals surface area contributed by atoms with Crippen molar-refractivity contribution in [2.75, 3.05) is 19.6 Å². The zero-order chi connectivity index (χ0) is 21.5. The lowest BCUT2D eigenvalue weighted by Crippen LogP contribution is -2.44. The highest BCUT2D eigenvalue weighted by Gasteiger charge is 2.22. The number of aliphatic imine (C=N–C) groups is 1. The number of ether oxygens (including phenoxy) is 1. The van der Waals surface area contributed by atoms with Gasteiger partial charge >= 0.3 is 0 Å². The van der Waals surface area contributed by atoms with Crippen molar-refractivity contribution in [3.63, 3.8) is 0 Å². The Labute approximate surface area is 184 Å². The van der Waals surface area contributed by atoms with Crippen LogP contribution in [0.1, 0.15) is 47.5 Å². The summed E-state index contributed by atoms with van der Waals surface area (Å²) in [7, 11) is 0. The Morgan fingerprint density at radius 2 is 1.87 bits per heavy atom.